The minimum absolute atomic E-state index is 0.125. The van der Waals surface area contributed by atoms with Crippen molar-refractivity contribution in [3.8, 4) is 5.75 Å². The molecule has 0 unspecified atom stereocenters. The minimum atomic E-state index is -3.94. The van der Waals surface area contributed by atoms with E-state index in [9.17, 15) is 18.3 Å². The third-order valence-electron chi connectivity index (χ3n) is 13.0. The Morgan fingerprint density at radius 2 is 1.84 bits per heavy atom. The lowest BCUT2D eigenvalue weighted by Gasteiger charge is -2.51. The second kappa shape index (κ2) is 14.2. The van der Waals surface area contributed by atoms with Gasteiger partial charge in [0.25, 0.3) is 5.91 Å². The van der Waals surface area contributed by atoms with Crippen molar-refractivity contribution in [3.63, 3.8) is 0 Å². The third-order valence-corrected chi connectivity index (χ3v) is 15.1. The summed E-state index contributed by atoms with van der Waals surface area (Å²) in [6.45, 7) is 10.2. The van der Waals surface area contributed by atoms with Gasteiger partial charge >= 0.3 is 0 Å². The van der Waals surface area contributed by atoms with Crippen molar-refractivity contribution in [1.82, 2.24) is 14.5 Å². The largest absolute Gasteiger partial charge is 0.490 e. The molecule has 1 saturated heterocycles. The third kappa shape index (κ3) is 7.16. The number of nitrogens with zero attached hydrogens (tertiary/aromatic N) is 3. The molecule has 274 valence electrons. The topological polar surface area (TPSA) is 102 Å². The normalized spacial score (nSPS) is 33.9. The van der Waals surface area contributed by atoms with Gasteiger partial charge in [0.1, 0.15) is 5.75 Å². The number of sulfonamides is 1. The number of benzene rings is 2. The molecule has 2 aromatic carbocycles. The number of aliphatic hydroxyl groups is 1. The van der Waals surface area contributed by atoms with Crippen molar-refractivity contribution in [3.05, 3.63) is 58.1 Å². The van der Waals surface area contributed by atoms with Gasteiger partial charge in [0.05, 0.1) is 23.1 Å². The van der Waals surface area contributed by atoms with Crippen molar-refractivity contribution < 1.29 is 23.1 Å². The Hall–Kier alpha value is -2.37. The van der Waals surface area contributed by atoms with E-state index < -0.39 is 26.8 Å². The van der Waals surface area contributed by atoms with Gasteiger partial charge in [0.2, 0.25) is 10.0 Å². The highest BCUT2D eigenvalue weighted by Crippen LogP contribution is 2.49. The number of hydrogen-bond acceptors (Lipinski definition) is 8. The number of rotatable bonds is 2. The molecular formula is C39H55ClN4O5S. The molecule has 1 amide bonds. The molecule has 2 aliphatic carbocycles. The Balaban J connectivity index is 1.28. The van der Waals surface area contributed by atoms with Gasteiger partial charge in [0.15, 0.2) is 0 Å². The van der Waals surface area contributed by atoms with Crippen LogP contribution in [0.15, 0.2) is 36.4 Å². The van der Waals surface area contributed by atoms with Gasteiger partial charge in [0, 0.05) is 48.7 Å². The van der Waals surface area contributed by atoms with E-state index in [4.69, 9.17) is 16.3 Å². The molecule has 50 heavy (non-hydrogen) atoms. The second-order valence-electron chi connectivity index (χ2n) is 16.3. The molecule has 3 heterocycles. The fourth-order valence-corrected chi connectivity index (χ4v) is 11.1. The average Bonchev–Trinajstić information content (AvgIpc) is 3.35. The van der Waals surface area contributed by atoms with E-state index >= 15 is 0 Å². The first kappa shape index (κ1) is 36.0. The van der Waals surface area contributed by atoms with Crippen LogP contribution in [0.25, 0.3) is 0 Å². The molecule has 1 saturated carbocycles. The van der Waals surface area contributed by atoms with E-state index in [1.165, 1.54) is 11.1 Å². The highest BCUT2D eigenvalue weighted by molar-refractivity contribution is 7.90. The first-order valence-electron chi connectivity index (χ1n) is 18.9. The molecule has 7 rings (SSSR count). The highest BCUT2D eigenvalue weighted by atomic mass is 35.5. The zero-order valence-electron chi connectivity index (χ0n) is 30.0. The second-order valence-corrected chi connectivity index (χ2v) is 18.8. The number of carbonyl (C=O) groups is 1. The molecule has 6 atom stereocenters. The molecular weight excluding hydrogens is 672 g/mol. The number of nitrogens with one attached hydrogen (secondary N) is 1. The van der Waals surface area contributed by atoms with Crippen LogP contribution in [-0.2, 0) is 21.9 Å². The van der Waals surface area contributed by atoms with Gasteiger partial charge in [-0.25, -0.2) is 13.1 Å². The first-order valence-corrected chi connectivity index (χ1v) is 20.8. The number of hydrogen-bond donors (Lipinski definition) is 2. The van der Waals surface area contributed by atoms with Crippen LogP contribution < -0.4 is 14.4 Å². The van der Waals surface area contributed by atoms with Crippen LogP contribution in [0.2, 0.25) is 5.02 Å². The predicted octanol–water partition coefficient (Wildman–Crippen LogP) is 5.48. The minimum Gasteiger partial charge on any atom is -0.490 e. The lowest BCUT2D eigenvalue weighted by molar-refractivity contribution is -0.105. The number of fused-ring (bicyclic) bond motifs is 4. The van der Waals surface area contributed by atoms with Gasteiger partial charge < -0.3 is 19.6 Å². The number of likely N-dealkylation sites (N-methyl/N-ethyl adjacent to an activating group) is 1. The van der Waals surface area contributed by atoms with Crippen LogP contribution in [0, 0.1) is 17.8 Å². The van der Waals surface area contributed by atoms with Gasteiger partial charge in [-0.3, -0.25) is 9.69 Å². The van der Waals surface area contributed by atoms with E-state index in [1.54, 1.807) is 13.0 Å². The Bertz CT molecular complexity index is 1690. The van der Waals surface area contributed by atoms with Gasteiger partial charge in [-0.1, -0.05) is 31.0 Å². The zero-order chi connectivity index (χ0) is 35.3. The predicted molar refractivity (Wildman–Crippen MR) is 199 cm³/mol. The Morgan fingerprint density at radius 1 is 1.00 bits per heavy atom. The van der Waals surface area contributed by atoms with Crippen LogP contribution in [0.5, 0.6) is 5.75 Å². The molecule has 2 aromatic rings. The maximum absolute atomic E-state index is 13.6. The van der Waals surface area contributed by atoms with E-state index in [0.717, 1.165) is 88.4 Å². The number of β-amino-alcohol motifs (C(OH)–C–C–N with tert-alkyl or cyclic N) is 1. The molecule has 2 bridgehead atoms. The summed E-state index contributed by atoms with van der Waals surface area (Å²) >= 11 is 6.48. The van der Waals surface area contributed by atoms with Crippen LogP contribution in [0.3, 0.4) is 0 Å². The number of ether oxygens (including phenoxy) is 1. The molecule has 3 aliphatic heterocycles. The van der Waals surface area contributed by atoms with E-state index in [0.29, 0.717) is 43.9 Å². The van der Waals surface area contributed by atoms with Crippen LogP contribution in [0.1, 0.15) is 86.7 Å². The Labute approximate surface area is 303 Å². The van der Waals surface area contributed by atoms with Crippen LogP contribution in [0.4, 0.5) is 5.69 Å². The van der Waals surface area contributed by atoms with Gasteiger partial charge in [-0.2, -0.15) is 0 Å². The smallest absolute Gasteiger partial charge is 0.264 e. The fourth-order valence-electron chi connectivity index (χ4n) is 9.61. The summed E-state index contributed by atoms with van der Waals surface area (Å²) in [6, 6.07) is 11.6. The number of carbonyl (C=O) groups excluding carboxylic acids is 1. The maximum Gasteiger partial charge on any atom is 0.264 e. The van der Waals surface area contributed by atoms with Crippen LogP contribution in [-0.4, -0.2) is 99.6 Å². The Kier molecular flexibility index (Phi) is 10.2. The summed E-state index contributed by atoms with van der Waals surface area (Å²) in [5.74, 6) is 0.301. The molecule has 0 radical (unpaired) electrons. The number of amides is 1. The van der Waals surface area contributed by atoms with Crippen molar-refractivity contribution >= 4 is 33.2 Å². The molecule has 0 aromatic heterocycles. The van der Waals surface area contributed by atoms with Crippen molar-refractivity contribution in [2.24, 2.45) is 17.8 Å². The van der Waals surface area contributed by atoms with Crippen molar-refractivity contribution in [2.45, 2.75) is 87.9 Å². The number of aryl methyl sites for hydroxylation is 1. The Morgan fingerprint density at radius 3 is 2.64 bits per heavy atom. The monoisotopic (exact) mass is 726 g/mol. The first-order chi connectivity index (χ1) is 23.9. The zero-order valence-corrected chi connectivity index (χ0v) is 31.6. The molecule has 11 heteroatoms. The van der Waals surface area contributed by atoms with E-state index in [2.05, 4.69) is 38.6 Å². The number of halogens is 1. The van der Waals surface area contributed by atoms with Crippen LogP contribution >= 0.6 is 11.6 Å². The van der Waals surface area contributed by atoms with Gasteiger partial charge in [-0.15, -0.1) is 0 Å². The van der Waals surface area contributed by atoms with Crippen molar-refractivity contribution in [2.75, 3.05) is 64.4 Å². The molecule has 9 nitrogen and oxygen atoms in total. The molecule has 2 fully saturated rings. The summed E-state index contributed by atoms with van der Waals surface area (Å²) in [7, 11) is -1.76. The quantitative estimate of drug-likeness (QED) is 0.420. The SMILES string of the molecule is C[C@@H]1[C@@H](C)CCC[C@@](O)(CN2CCCN(C)CC2)[C@@H]2CC[C@H]2CN2C[C@@]3(CCCc4cc(Cl)ccc43)COc3ccc(cc32)C(=O)NS1(=O)=O. The standard InChI is InChI=1S/C39H55ClN4O5S/c1-27-7-4-16-39(46,25-43-18-6-17-42(3)19-20-43)34-12-9-31(34)23-44-24-38(15-5-8-29-21-32(40)11-13-33(29)38)26-49-36-14-10-30(22-35(36)44)37(45)41-50(47,48)28(27)2/h10-11,13-14,21-22,27-28,31,34,46H,4-9,12,15-20,23-26H2,1-3H3,(H,41,45)/t27-,28+,31-,34+,38-,39+/m0/s1. The summed E-state index contributed by atoms with van der Waals surface area (Å²) in [5.41, 5.74) is 2.49. The molecule has 5 aliphatic rings. The number of anilines is 1. The fraction of sp³-hybridized carbons (Fsp3) is 0.667. The average molecular weight is 727 g/mol. The van der Waals surface area contributed by atoms with E-state index in [-0.39, 0.29) is 23.2 Å². The maximum atomic E-state index is 13.6. The molecule has 2 N–H and O–H groups in total. The molecule has 1 spiro atoms. The van der Waals surface area contributed by atoms with Crippen molar-refractivity contribution in [1.29, 1.82) is 0 Å². The summed E-state index contributed by atoms with van der Waals surface area (Å²) in [6.07, 6.45) is 8.08. The van der Waals surface area contributed by atoms with E-state index in [1.807, 2.05) is 25.1 Å². The summed E-state index contributed by atoms with van der Waals surface area (Å²) in [4.78, 5) is 20.8. The lowest BCUT2D eigenvalue weighted by atomic mass is 9.62. The highest BCUT2D eigenvalue weighted by Gasteiger charge is 2.49. The summed E-state index contributed by atoms with van der Waals surface area (Å²) in [5, 5.41) is 12.8. The summed E-state index contributed by atoms with van der Waals surface area (Å²) < 4.78 is 36.1. The lowest BCUT2D eigenvalue weighted by Crippen LogP contribution is -2.57. The van der Waals surface area contributed by atoms with Gasteiger partial charge in [-0.05, 0) is 138 Å².